The van der Waals surface area contributed by atoms with Crippen LogP contribution in [-0.2, 0) is 0 Å². The smallest absolute Gasteiger partial charge is 0.266 e. The van der Waals surface area contributed by atoms with Crippen LogP contribution in [0.2, 0.25) is 0 Å². The van der Waals surface area contributed by atoms with Crippen molar-refractivity contribution in [2.45, 2.75) is 0 Å². The topological polar surface area (TPSA) is 94.0 Å². The highest BCUT2D eigenvalue weighted by Crippen LogP contribution is 2.39. The monoisotopic (exact) mass is 348 g/mol. The molecule has 0 aliphatic carbocycles. The van der Waals surface area contributed by atoms with Gasteiger partial charge < -0.3 is 15.5 Å². The maximum Gasteiger partial charge on any atom is 0.266 e. The van der Waals surface area contributed by atoms with Gasteiger partial charge in [-0.25, -0.2) is 0 Å². The number of phenols is 1. The molecule has 3 N–H and O–H groups in total. The lowest BCUT2D eigenvalue weighted by atomic mass is 9.96. The highest BCUT2D eigenvalue weighted by atomic mass is 32.1. The van der Waals surface area contributed by atoms with Gasteiger partial charge in [0, 0.05) is 27.4 Å². The Labute approximate surface area is 145 Å². The molecule has 25 heavy (non-hydrogen) atoms. The number of hydrogen-bond donors (Lipinski definition) is 3. The molecule has 2 aromatic carbocycles. The summed E-state index contributed by atoms with van der Waals surface area (Å²) >= 11 is 1.35. The number of hydrogen-bond acceptors (Lipinski definition) is 5. The summed E-state index contributed by atoms with van der Waals surface area (Å²) in [5.41, 5.74) is 2.23. The lowest BCUT2D eigenvalue weighted by Gasteiger charge is -2.11. The predicted octanol–water partition coefficient (Wildman–Crippen LogP) is 3.95. The van der Waals surface area contributed by atoms with E-state index in [4.69, 9.17) is 5.41 Å². The van der Waals surface area contributed by atoms with Crippen molar-refractivity contribution in [3.63, 3.8) is 0 Å². The van der Waals surface area contributed by atoms with Crippen molar-refractivity contribution in [2.24, 2.45) is 0 Å². The Hall–Kier alpha value is -3.25. The van der Waals surface area contributed by atoms with Crippen molar-refractivity contribution in [3.8, 4) is 16.9 Å². The number of ketones is 1. The molecule has 4 rings (SSSR count). The number of nitrogens with one attached hydrogen (secondary N) is 2. The van der Waals surface area contributed by atoms with Gasteiger partial charge in [-0.2, -0.15) is 0 Å². The number of H-pyrrole nitrogens is 1. The summed E-state index contributed by atoms with van der Waals surface area (Å²) in [4.78, 5) is 26.6. The number of phenolic OH excluding ortho intramolecular Hbond substituents is 1. The third-order valence-electron chi connectivity index (χ3n) is 4.16. The molecule has 122 valence electrons. The molecular formula is C19H12N2O3S. The van der Waals surface area contributed by atoms with Crippen LogP contribution < -0.4 is 5.56 Å². The number of carbonyl (C=O) groups is 1. The molecule has 5 nitrogen and oxygen atoms in total. The first-order valence-electron chi connectivity index (χ1n) is 7.50. The largest absolute Gasteiger partial charge is 0.507 e. The van der Waals surface area contributed by atoms with Crippen molar-refractivity contribution in [3.05, 3.63) is 63.8 Å². The van der Waals surface area contributed by atoms with Crippen LogP contribution in [0.1, 0.15) is 10.4 Å². The standard InChI is InChI=1S/C19H12N2O3S/c20-9-15(23)10-1-3-11(4-2-10)16-14(22)6-5-13-17(16)12-7-8-25-18(12)19(24)21-13/h1-9,20,22H,(H,21,24). The van der Waals surface area contributed by atoms with E-state index in [0.717, 1.165) is 22.6 Å². The first kappa shape index (κ1) is 15.3. The van der Waals surface area contributed by atoms with Gasteiger partial charge in [-0.1, -0.05) is 24.3 Å². The molecule has 0 saturated carbocycles. The first-order chi connectivity index (χ1) is 12.1. The predicted molar refractivity (Wildman–Crippen MR) is 100 cm³/mol. The van der Waals surface area contributed by atoms with Gasteiger partial charge in [0.25, 0.3) is 5.56 Å². The van der Waals surface area contributed by atoms with Gasteiger partial charge in [0.05, 0.1) is 6.21 Å². The molecule has 0 spiro atoms. The normalized spacial score (nSPS) is 11.0. The van der Waals surface area contributed by atoms with Crippen molar-refractivity contribution < 1.29 is 9.90 Å². The zero-order valence-electron chi connectivity index (χ0n) is 12.9. The number of aromatic nitrogens is 1. The molecule has 0 unspecified atom stereocenters. The van der Waals surface area contributed by atoms with Crippen LogP contribution in [0, 0.1) is 5.41 Å². The number of aromatic hydroxyl groups is 1. The van der Waals surface area contributed by atoms with Gasteiger partial charge >= 0.3 is 0 Å². The van der Waals surface area contributed by atoms with E-state index in [-0.39, 0.29) is 17.1 Å². The summed E-state index contributed by atoms with van der Waals surface area (Å²) in [6.45, 7) is 0. The van der Waals surface area contributed by atoms with E-state index in [1.165, 1.54) is 11.3 Å². The Morgan fingerprint density at radius 1 is 1.12 bits per heavy atom. The molecule has 0 bridgehead atoms. The van der Waals surface area contributed by atoms with Gasteiger partial charge in [0.1, 0.15) is 10.4 Å². The maximum absolute atomic E-state index is 12.2. The molecule has 0 fully saturated rings. The Morgan fingerprint density at radius 2 is 1.88 bits per heavy atom. The average molecular weight is 348 g/mol. The first-order valence-corrected chi connectivity index (χ1v) is 8.38. The molecule has 4 aromatic rings. The van der Waals surface area contributed by atoms with Crippen LogP contribution >= 0.6 is 11.3 Å². The fraction of sp³-hybridized carbons (Fsp3) is 0. The molecule has 2 heterocycles. The van der Waals surface area contributed by atoms with E-state index >= 15 is 0 Å². The van der Waals surface area contributed by atoms with Crippen molar-refractivity contribution >= 4 is 44.3 Å². The number of pyridine rings is 1. The van der Waals surface area contributed by atoms with Crippen molar-refractivity contribution in [1.82, 2.24) is 4.98 Å². The molecule has 0 radical (unpaired) electrons. The second-order valence-electron chi connectivity index (χ2n) is 5.59. The highest BCUT2D eigenvalue weighted by molar-refractivity contribution is 7.17. The summed E-state index contributed by atoms with van der Waals surface area (Å²) < 4.78 is 0.606. The van der Waals surface area contributed by atoms with E-state index in [1.54, 1.807) is 36.4 Å². The zero-order valence-corrected chi connectivity index (χ0v) is 13.7. The molecule has 0 aliphatic rings. The molecule has 0 aliphatic heterocycles. The average Bonchev–Trinajstić information content (AvgIpc) is 3.12. The Kier molecular flexibility index (Phi) is 3.47. The third-order valence-corrected chi connectivity index (χ3v) is 5.07. The van der Waals surface area contributed by atoms with Gasteiger partial charge in [0.2, 0.25) is 5.78 Å². The number of fused-ring (bicyclic) bond motifs is 3. The van der Waals surface area contributed by atoms with Crippen LogP contribution in [-0.4, -0.2) is 22.1 Å². The Bertz CT molecular complexity index is 1200. The number of rotatable bonds is 3. The number of aromatic amines is 1. The van der Waals surface area contributed by atoms with Crippen LogP contribution in [0.3, 0.4) is 0 Å². The van der Waals surface area contributed by atoms with Crippen LogP contribution in [0.4, 0.5) is 0 Å². The second-order valence-corrected chi connectivity index (χ2v) is 6.50. The fourth-order valence-corrected chi connectivity index (χ4v) is 3.81. The number of Topliss-reactive ketones (excluding diaryl/α,β-unsaturated/α-hetero) is 1. The van der Waals surface area contributed by atoms with E-state index < -0.39 is 0 Å². The summed E-state index contributed by atoms with van der Waals surface area (Å²) in [5, 5.41) is 20.9. The van der Waals surface area contributed by atoms with E-state index in [0.29, 0.717) is 21.3 Å². The molecule has 0 saturated heterocycles. The van der Waals surface area contributed by atoms with E-state index in [2.05, 4.69) is 4.98 Å². The van der Waals surface area contributed by atoms with Gasteiger partial charge in [-0.3, -0.25) is 9.59 Å². The quantitative estimate of drug-likeness (QED) is 0.386. The molecular weight excluding hydrogens is 336 g/mol. The van der Waals surface area contributed by atoms with Crippen molar-refractivity contribution in [2.75, 3.05) is 0 Å². The zero-order chi connectivity index (χ0) is 17.6. The summed E-state index contributed by atoms with van der Waals surface area (Å²) in [5.74, 6) is -0.281. The maximum atomic E-state index is 12.2. The summed E-state index contributed by atoms with van der Waals surface area (Å²) in [7, 11) is 0. The molecule has 6 heteroatoms. The van der Waals surface area contributed by atoms with Gasteiger partial charge in [-0.05, 0) is 29.1 Å². The summed E-state index contributed by atoms with van der Waals surface area (Å²) in [6.07, 6.45) is 0.768. The van der Waals surface area contributed by atoms with Gasteiger partial charge in [0.15, 0.2) is 0 Å². The minimum absolute atomic E-state index is 0.0955. The number of thiophene rings is 1. The lowest BCUT2D eigenvalue weighted by Crippen LogP contribution is -2.04. The Morgan fingerprint density at radius 3 is 2.60 bits per heavy atom. The molecule has 2 aromatic heterocycles. The van der Waals surface area contributed by atoms with Crippen LogP contribution in [0.5, 0.6) is 5.75 Å². The van der Waals surface area contributed by atoms with Crippen LogP contribution in [0.25, 0.3) is 32.1 Å². The van der Waals surface area contributed by atoms with Gasteiger partial charge in [-0.15, -0.1) is 11.3 Å². The van der Waals surface area contributed by atoms with Crippen LogP contribution in [0.15, 0.2) is 52.6 Å². The van der Waals surface area contributed by atoms with Crippen molar-refractivity contribution in [1.29, 1.82) is 5.41 Å². The SMILES string of the molecule is N=CC(=O)c1ccc(-c2c(O)ccc3[nH]c(=O)c4sccc4c23)cc1. The number of carbonyl (C=O) groups excluding carboxylic acids is 1. The highest BCUT2D eigenvalue weighted by Gasteiger charge is 2.15. The summed E-state index contributed by atoms with van der Waals surface area (Å²) in [6, 6.07) is 11.8. The third kappa shape index (κ3) is 2.35. The Balaban J connectivity index is 2.05. The van der Waals surface area contributed by atoms with E-state index in [1.807, 2.05) is 11.4 Å². The number of benzene rings is 2. The minimum Gasteiger partial charge on any atom is -0.507 e. The fourth-order valence-electron chi connectivity index (χ4n) is 3.01. The molecule has 0 atom stereocenters. The molecule has 0 amide bonds. The van der Waals surface area contributed by atoms with E-state index in [9.17, 15) is 14.7 Å². The minimum atomic E-state index is -0.377. The second kappa shape index (κ2) is 5.68. The lowest BCUT2D eigenvalue weighted by molar-refractivity contribution is 0.107.